The van der Waals surface area contributed by atoms with Gasteiger partial charge in [0.25, 0.3) is 6.29 Å². The van der Waals surface area contributed by atoms with Crippen LogP contribution in [0, 0.1) is 18.8 Å². The molecule has 4 atom stereocenters. The predicted octanol–water partition coefficient (Wildman–Crippen LogP) is 1.26. The summed E-state index contributed by atoms with van der Waals surface area (Å²) in [7, 11) is 0. The number of anilines is 1. The third-order valence-electron chi connectivity index (χ3n) is 5.25. The molecule has 1 aromatic carbocycles. The van der Waals surface area contributed by atoms with E-state index in [2.05, 4.69) is 0 Å². The van der Waals surface area contributed by atoms with Gasteiger partial charge in [0, 0.05) is 13.8 Å². The van der Waals surface area contributed by atoms with Crippen LogP contribution in [-0.4, -0.2) is 41.7 Å². The summed E-state index contributed by atoms with van der Waals surface area (Å²) in [6.45, 7) is 4.19. The lowest BCUT2D eigenvalue weighted by molar-refractivity contribution is -0.226. The number of esters is 2. The smallest absolute Gasteiger partial charge is 0.305 e. The van der Waals surface area contributed by atoms with Crippen LogP contribution in [0.15, 0.2) is 36.4 Å². The van der Waals surface area contributed by atoms with Crippen LogP contribution in [0.5, 0.6) is 0 Å². The molecule has 2 fully saturated rings. The van der Waals surface area contributed by atoms with Crippen molar-refractivity contribution in [3.05, 3.63) is 42.0 Å². The zero-order valence-electron chi connectivity index (χ0n) is 15.6. The third-order valence-corrected chi connectivity index (χ3v) is 5.25. The monoisotopic (exact) mass is 385 g/mol. The highest BCUT2D eigenvalue weighted by atomic mass is 16.7. The maximum atomic E-state index is 13.3. The number of ether oxygens (including phenoxy) is 3. The van der Waals surface area contributed by atoms with Crippen LogP contribution in [0.1, 0.15) is 19.4 Å². The first kappa shape index (κ1) is 18.4. The van der Waals surface area contributed by atoms with E-state index in [1.807, 2.05) is 13.0 Å². The van der Waals surface area contributed by atoms with Crippen molar-refractivity contribution in [3.63, 3.8) is 0 Å². The fourth-order valence-corrected chi connectivity index (χ4v) is 4.24. The Hall–Kier alpha value is -3.00. The first-order valence-electron chi connectivity index (χ1n) is 8.90. The standard InChI is InChI=1S/C20H19NO7/c1-10-5-4-6-13(9-10)21-17(24)15-14-7-8-20(28-14,16(15)18(21)25)19(26-11(2)22)27-12(3)23/h4-9,14-16,19H,1-3H3/t14-,15-,16+,20+/m1/s1. The van der Waals surface area contributed by atoms with Crippen molar-refractivity contribution in [2.75, 3.05) is 4.90 Å². The molecule has 0 aromatic heterocycles. The second-order valence-corrected chi connectivity index (χ2v) is 7.20. The lowest BCUT2D eigenvalue weighted by Crippen LogP contribution is -2.52. The molecule has 8 nitrogen and oxygen atoms in total. The van der Waals surface area contributed by atoms with Crippen molar-refractivity contribution in [2.24, 2.45) is 11.8 Å². The first-order valence-corrected chi connectivity index (χ1v) is 8.90. The summed E-state index contributed by atoms with van der Waals surface area (Å²) in [5.41, 5.74) is -0.159. The number of imide groups is 1. The number of amides is 2. The molecule has 3 aliphatic heterocycles. The van der Waals surface area contributed by atoms with Gasteiger partial charge in [0.2, 0.25) is 11.8 Å². The maximum absolute atomic E-state index is 13.3. The minimum atomic E-state index is -1.53. The van der Waals surface area contributed by atoms with Crippen LogP contribution in [-0.2, 0) is 33.4 Å². The van der Waals surface area contributed by atoms with Gasteiger partial charge in [-0.3, -0.25) is 19.2 Å². The Morgan fingerprint density at radius 3 is 2.43 bits per heavy atom. The molecule has 28 heavy (non-hydrogen) atoms. The topological polar surface area (TPSA) is 99.2 Å². The predicted molar refractivity (Wildman–Crippen MR) is 94.7 cm³/mol. The lowest BCUT2D eigenvalue weighted by atomic mass is 9.76. The van der Waals surface area contributed by atoms with Crippen LogP contribution in [0.2, 0.25) is 0 Å². The summed E-state index contributed by atoms with van der Waals surface area (Å²) in [5.74, 6) is -3.99. The van der Waals surface area contributed by atoms with Crippen LogP contribution < -0.4 is 4.90 Å². The minimum absolute atomic E-state index is 0.388. The molecule has 2 amide bonds. The van der Waals surface area contributed by atoms with Crippen LogP contribution in [0.4, 0.5) is 5.69 Å². The quantitative estimate of drug-likeness (QED) is 0.333. The van der Waals surface area contributed by atoms with Gasteiger partial charge in [0.05, 0.1) is 23.6 Å². The van der Waals surface area contributed by atoms with Gasteiger partial charge in [-0.15, -0.1) is 0 Å². The zero-order valence-corrected chi connectivity index (χ0v) is 15.6. The van der Waals surface area contributed by atoms with Gasteiger partial charge in [-0.25, -0.2) is 4.90 Å². The van der Waals surface area contributed by atoms with E-state index >= 15 is 0 Å². The van der Waals surface area contributed by atoms with Gasteiger partial charge in [0.1, 0.15) is 0 Å². The van der Waals surface area contributed by atoms with Crippen molar-refractivity contribution in [2.45, 2.75) is 38.8 Å². The lowest BCUT2D eigenvalue weighted by Gasteiger charge is -2.34. The first-order chi connectivity index (χ1) is 13.2. The van der Waals surface area contributed by atoms with Crippen LogP contribution in [0.25, 0.3) is 0 Å². The normalized spacial score (nSPS) is 30.1. The number of aryl methyl sites for hydroxylation is 1. The number of benzene rings is 1. The molecular formula is C20H19NO7. The minimum Gasteiger partial charge on any atom is -0.422 e. The molecule has 2 saturated heterocycles. The molecule has 146 valence electrons. The molecule has 0 radical (unpaired) electrons. The molecule has 3 heterocycles. The summed E-state index contributed by atoms with van der Waals surface area (Å²) in [4.78, 5) is 50.7. The molecule has 8 heteroatoms. The number of fused-ring (bicyclic) bond motifs is 5. The van der Waals surface area contributed by atoms with E-state index in [0.717, 1.165) is 24.3 Å². The SMILES string of the molecule is CC(=O)OC(OC(C)=O)[C@@]12C=C[C@@H](O1)[C@H]1C(=O)N(c3cccc(C)c3)C(=O)[C@H]12. The number of nitrogens with zero attached hydrogens (tertiary/aromatic N) is 1. The summed E-state index contributed by atoms with van der Waals surface area (Å²) >= 11 is 0. The number of hydrogen-bond donors (Lipinski definition) is 0. The molecule has 1 aromatic rings. The van der Waals surface area contributed by atoms with Crippen molar-refractivity contribution < 1.29 is 33.4 Å². The number of carbonyl (C=O) groups is 4. The molecule has 0 N–H and O–H groups in total. The molecular weight excluding hydrogens is 366 g/mol. The average Bonchev–Trinajstić information content (AvgIpc) is 3.25. The van der Waals surface area contributed by atoms with Gasteiger partial charge in [0.15, 0.2) is 5.60 Å². The van der Waals surface area contributed by atoms with E-state index in [-0.39, 0.29) is 5.91 Å². The van der Waals surface area contributed by atoms with E-state index in [4.69, 9.17) is 14.2 Å². The Labute approximate surface area is 161 Å². The molecule has 2 bridgehead atoms. The second kappa shape index (κ2) is 6.27. The number of hydrogen-bond acceptors (Lipinski definition) is 7. The Balaban J connectivity index is 1.75. The van der Waals surface area contributed by atoms with E-state index in [1.54, 1.807) is 30.4 Å². The molecule has 3 aliphatic rings. The molecule has 0 spiro atoms. The molecule has 4 rings (SSSR count). The Morgan fingerprint density at radius 2 is 1.82 bits per heavy atom. The highest BCUT2D eigenvalue weighted by molar-refractivity contribution is 6.23. The summed E-state index contributed by atoms with van der Waals surface area (Å²) in [6, 6.07) is 7.05. The Kier molecular flexibility index (Phi) is 4.11. The van der Waals surface area contributed by atoms with E-state index in [1.165, 1.54) is 0 Å². The largest absolute Gasteiger partial charge is 0.422 e. The fourth-order valence-electron chi connectivity index (χ4n) is 4.24. The van der Waals surface area contributed by atoms with E-state index in [9.17, 15) is 19.2 Å². The average molecular weight is 385 g/mol. The highest BCUT2D eigenvalue weighted by Crippen LogP contribution is 2.54. The maximum Gasteiger partial charge on any atom is 0.305 e. The third kappa shape index (κ3) is 2.56. The fraction of sp³-hybridized carbons (Fsp3) is 0.400. The van der Waals surface area contributed by atoms with Gasteiger partial charge >= 0.3 is 11.9 Å². The zero-order chi connectivity index (χ0) is 20.2. The summed E-state index contributed by atoms with van der Waals surface area (Å²) < 4.78 is 16.3. The number of carbonyl (C=O) groups excluding carboxylic acids is 4. The highest BCUT2D eigenvalue weighted by Gasteiger charge is 2.72. The van der Waals surface area contributed by atoms with Crippen molar-refractivity contribution >= 4 is 29.4 Å². The Morgan fingerprint density at radius 1 is 1.14 bits per heavy atom. The van der Waals surface area contributed by atoms with E-state index < -0.39 is 47.7 Å². The van der Waals surface area contributed by atoms with Gasteiger partial charge in [-0.2, -0.15) is 0 Å². The van der Waals surface area contributed by atoms with Crippen molar-refractivity contribution in [1.29, 1.82) is 0 Å². The molecule has 0 aliphatic carbocycles. The van der Waals surface area contributed by atoms with E-state index in [0.29, 0.717) is 5.69 Å². The second-order valence-electron chi connectivity index (χ2n) is 7.20. The number of rotatable bonds is 4. The van der Waals surface area contributed by atoms with Gasteiger partial charge in [-0.1, -0.05) is 18.2 Å². The van der Waals surface area contributed by atoms with Crippen LogP contribution >= 0.6 is 0 Å². The van der Waals surface area contributed by atoms with Crippen LogP contribution in [0.3, 0.4) is 0 Å². The summed E-state index contributed by atoms with van der Waals surface area (Å²) in [5, 5.41) is 0. The van der Waals surface area contributed by atoms with Crippen molar-refractivity contribution in [1.82, 2.24) is 0 Å². The van der Waals surface area contributed by atoms with Gasteiger partial charge in [-0.05, 0) is 30.7 Å². The summed E-state index contributed by atoms with van der Waals surface area (Å²) in [6.07, 6.45) is 1.07. The molecule has 0 unspecified atom stereocenters. The van der Waals surface area contributed by atoms with Crippen molar-refractivity contribution in [3.8, 4) is 0 Å². The Bertz CT molecular complexity index is 907. The molecule has 0 saturated carbocycles. The van der Waals surface area contributed by atoms with Gasteiger partial charge < -0.3 is 14.2 Å².